The van der Waals surface area contributed by atoms with Crippen LogP contribution in [0.4, 0.5) is 0 Å². The van der Waals surface area contributed by atoms with Crippen molar-refractivity contribution in [1.29, 1.82) is 0 Å². The molecule has 2 heterocycles. The number of aromatic nitrogens is 2. The topological polar surface area (TPSA) is 47.1 Å². The third-order valence-electron chi connectivity index (χ3n) is 3.50. The molecule has 0 saturated carbocycles. The molecule has 4 nitrogen and oxygen atoms in total. The van der Waals surface area contributed by atoms with Gasteiger partial charge in [-0.25, -0.2) is 0 Å². The molecule has 0 radical (unpaired) electrons. The Morgan fingerprint density at radius 1 is 1.30 bits per heavy atom. The Balaban J connectivity index is 1.58. The van der Waals surface area contributed by atoms with Crippen molar-refractivity contribution in [3.63, 3.8) is 0 Å². The Bertz CT molecular complexity index is 563. The largest absolute Gasteiger partial charge is 0.348 e. The first-order chi connectivity index (χ1) is 9.62. The van der Waals surface area contributed by atoms with Gasteiger partial charge in [0.1, 0.15) is 0 Å². The van der Waals surface area contributed by atoms with Crippen molar-refractivity contribution < 1.29 is 9.47 Å². The minimum atomic E-state index is -0.437. The van der Waals surface area contributed by atoms with Crippen LogP contribution in [0.25, 0.3) is 11.3 Å². The summed E-state index contributed by atoms with van der Waals surface area (Å²) in [5.41, 5.74) is 3.26. The van der Waals surface area contributed by atoms with Crippen LogP contribution < -0.4 is 0 Å². The first kappa shape index (κ1) is 13.3. The maximum atomic E-state index is 5.81. The van der Waals surface area contributed by atoms with E-state index in [0.29, 0.717) is 6.61 Å². The zero-order chi connectivity index (χ0) is 14.0. The van der Waals surface area contributed by atoms with Crippen molar-refractivity contribution in [2.45, 2.75) is 38.6 Å². The van der Waals surface area contributed by atoms with E-state index in [4.69, 9.17) is 9.47 Å². The highest BCUT2D eigenvalue weighted by Gasteiger charge is 2.32. The van der Waals surface area contributed by atoms with E-state index in [0.717, 1.165) is 29.8 Å². The number of nitrogens with zero attached hydrogens (tertiary/aromatic N) is 1. The Hall–Kier alpha value is -1.65. The van der Waals surface area contributed by atoms with Crippen LogP contribution in [0.3, 0.4) is 0 Å². The molecule has 1 aliphatic rings. The molecule has 0 amide bonds. The summed E-state index contributed by atoms with van der Waals surface area (Å²) in [6.45, 7) is 4.58. The molecule has 0 aliphatic carbocycles. The summed E-state index contributed by atoms with van der Waals surface area (Å²) in [7, 11) is 0. The second kappa shape index (κ2) is 5.38. The Morgan fingerprint density at radius 3 is 2.80 bits per heavy atom. The molecule has 1 aliphatic heterocycles. The predicted octanol–water partition coefficient (Wildman–Crippen LogP) is 3.16. The number of hydrogen-bond donors (Lipinski definition) is 1. The summed E-state index contributed by atoms with van der Waals surface area (Å²) < 4.78 is 11.4. The number of nitrogens with one attached hydrogen (secondary N) is 1. The van der Waals surface area contributed by atoms with Crippen LogP contribution in [0.2, 0.25) is 0 Å². The van der Waals surface area contributed by atoms with E-state index in [1.807, 2.05) is 32.0 Å². The van der Waals surface area contributed by atoms with E-state index in [-0.39, 0.29) is 6.10 Å². The molecule has 1 aromatic carbocycles. The molecule has 1 saturated heterocycles. The highest BCUT2D eigenvalue weighted by Crippen LogP contribution is 2.25. The lowest BCUT2D eigenvalue weighted by Gasteiger charge is -2.16. The van der Waals surface area contributed by atoms with E-state index < -0.39 is 5.79 Å². The van der Waals surface area contributed by atoms with E-state index in [9.17, 15) is 0 Å². The van der Waals surface area contributed by atoms with Crippen molar-refractivity contribution in [2.24, 2.45) is 0 Å². The van der Waals surface area contributed by atoms with Crippen molar-refractivity contribution in [2.75, 3.05) is 6.61 Å². The number of aromatic amines is 1. The van der Waals surface area contributed by atoms with Gasteiger partial charge in [-0.15, -0.1) is 0 Å². The second-order valence-corrected chi connectivity index (χ2v) is 5.63. The quantitative estimate of drug-likeness (QED) is 0.930. The molecule has 20 heavy (non-hydrogen) atoms. The molecule has 0 unspecified atom stereocenters. The number of rotatable bonds is 4. The first-order valence-corrected chi connectivity index (χ1v) is 7.04. The average Bonchev–Trinajstić information content (AvgIpc) is 3.04. The van der Waals surface area contributed by atoms with Gasteiger partial charge in [0.2, 0.25) is 0 Å². The molecular weight excluding hydrogens is 252 g/mol. The van der Waals surface area contributed by atoms with Gasteiger partial charge in [0.15, 0.2) is 5.79 Å². The fourth-order valence-electron chi connectivity index (χ4n) is 2.47. The summed E-state index contributed by atoms with van der Waals surface area (Å²) >= 11 is 0. The summed E-state index contributed by atoms with van der Waals surface area (Å²) in [6.07, 6.45) is 2.04. The molecular formula is C16H20N2O2. The number of aryl methyl sites for hydroxylation is 1. The van der Waals surface area contributed by atoms with E-state index >= 15 is 0 Å². The second-order valence-electron chi connectivity index (χ2n) is 5.63. The fourth-order valence-corrected chi connectivity index (χ4v) is 2.47. The van der Waals surface area contributed by atoms with Crippen molar-refractivity contribution >= 4 is 0 Å². The SMILES string of the molecule is CC1(C)OC[C@H](CCc2cc(-c3ccccc3)n[nH]2)O1. The van der Waals surface area contributed by atoms with E-state index in [2.05, 4.69) is 28.4 Å². The molecule has 1 N–H and O–H groups in total. The number of benzene rings is 1. The molecule has 0 spiro atoms. The maximum absolute atomic E-state index is 5.81. The first-order valence-electron chi connectivity index (χ1n) is 7.04. The number of H-pyrrole nitrogens is 1. The normalized spacial score (nSPS) is 21.2. The van der Waals surface area contributed by atoms with Crippen molar-refractivity contribution in [3.8, 4) is 11.3 Å². The maximum Gasteiger partial charge on any atom is 0.163 e. The molecule has 4 heteroatoms. The lowest BCUT2D eigenvalue weighted by Crippen LogP contribution is -2.21. The zero-order valence-electron chi connectivity index (χ0n) is 11.9. The minimum Gasteiger partial charge on any atom is -0.348 e. The standard InChI is InChI=1S/C16H20N2O2/c1-16(2)19-11-14(20-16)9-8-13-10-15(18-17-13)12-6-4-3-5-7-12/h3-7,10,14H,8-9,11H2,1-2H3,(H,17,18)/t14-/m0/s1. The highest BCUT2D eigenvalue weighted by atomic mass is 16.7. The Morgan fingerprint density at radius 2 is 2.10 bits per heavy atom. The molecule has 0 bridgehead atoms. The van der Waals surface area contributed by atoms with Gasteiger partial charge >= 0.3 is 0 Å². The fraction of sp³-hybridized carbons (Fsp3) is 0.438. The van der Waals surface area contributed by atoms with Gasteiger partial charge in [0, 0.05) is 11.3 Å². The third-order valence-corrected chi connectivity index (χ3v) is 3.50. The van der Waals surface area contributed by atoms with Gasteiger partial charge < -0.3 is 9.47 Å². The van der Waals surface area contributed by atoms with Crippen molar-refractivity contribution in [3.05, 3.63) is 42.1 Å². The Kier molecular flexibility index (Phi) is 3.59. The van der Waals surface area contributed by atoms with Crippen LogP contribution in [0.15, 0.2) is 36.4 Å². The lowest BCUT2D eigenvalue weighted by molar-refractivity contribution is -0.138. The summed E-state index contributed by atoms with van der Waals surface area (Å²) in [5, 5.41) is 7.47. The van der Waals surface area contributed by atoms with Gasteiger partial charge in [0.25, 0.3) is 0 Å². The lowest BCUT2D eigenvalue weighted by atomic mass is 10.1. The van der Waals surface area contributed by atoms with Gasteiger partial charge in [-0.05, 0) is 32.8 Å². The van der Waals surface area contributed by atoms with Crippen LogP contribution in [-0.4, -0.2) is 28.7 Å². The molecule has 1 aromatic heterocycles. The summed E-state index contributed by atoms with van der Waals surface area (Å²) in [4.78, 5) is 0. The minimum absolute atomic E-state index is 0.175. The summed E-state index contributed by atoms with van der Waals surface area (Å²) in [6, 6.07) is 12.3. The Labute approximate surface area is 119 Å². The van der Waals surface area contributed by atoms with E-state index in [1.165, 1.54) is 0 Å². The van der Waals surface area contributed by atoms with Crippen LogP contribution >= 0.6 is 0 Å². The van der Waals surface area contributed by atoms with Gasteiger partial charge in [-0.3, -0.25) is 5.10 Å². The molecule has 3 rings (SSSR count). The van der Waals surface area contributed by atoms with Crippen LogP contribution in [0.5, 0.6) is 0 Å². The molecule has 1 atom stereocenters. The number of ether oxygens (including phenoxy) is 2. The highest BCUT2D eigenvalue weighted by molar-refractivity contribution is 5.58. The third kappa shape index (κ3) is 3.08. The number of hydrogen-bond acceptors (Lipinski definition) is 3. The van der Waals surface area contributed by atoms with Crippen LogP contribution in [0, 0.1) is 0 Å². The zero-order valence-corrected chi connectivity index (χ0v) is 11.9. The smallest absolute Gasteiger partial charge is 0.163 e. The molecule has 1 fully saturated rings. The van der Waals surface area contributed by atoms with E-state index in [1.54, 1.807) is 0 Å². The molecule has 106 valence electrons. The van der Waals surface area contributed by atoms with Gasteiger partial charge in [0.05, 0.1) is 18.4 Å². The van der Waals surface area contributed by atoms with Gasteiger partial charge in [-0.2, -0.15) is 5.10 Å². The van der Waals surface area contributed by atoms with Crippen molar-refractivity contribution in [1.82, 2.24) is 10.2 Å². The average molecular weight is 272 g/mol. The van der Waals surface area contributed by atoms with Crippen LogP contribution in [0.1, 0.15) is 26.0 Å². The van der Waals surface area contributed by atoms with Crippen LogP contribution in [-0.2, 0) is 15.9 Å². The summed E-state index contributed by atoms with van der Waals surface area (Å²) in [5.74, 6) is -0.437. The predicted molar refractivity (Wildman–Crippen MR) is 77.2 cm³/mol. The van der Waals surface area contributed by atoms with Gasteiger partial charge in [-0.1, -0.05) is 30.3 Å². The monoisotopic (exact) mass is 272 g/mol. The molecule has 2 aromatic rings.